The number of thioether (sulfide) groups is 1. The highest BCUT2D eigenvalue weighted by Crippen LogP contribution is 2.34. The third kappa shape index (κ3) is 5.04. The van der Waals surface area contributed by atoms with Crippen LogP contribution in [-0.2, 0) is 9.59 Å². The Bertz CT molecular complexity index is 1190. The quantitative estimate of drug-likeness (QED) is 0.468. The molecule has 2 aromatic carbocycles. The van der Waals surface area contributed by atoms with Gasteiger partial charge in [0.15, 0.2) is 5.17 Å². The molecule has 1 aromatic heterocycles. The minimum absolute atomic E-state index is 0.0909. The van der Waals surface area contributed by atoms with Gasteiger partial charge in [-0.2, -0.15) is 0 Å². The van der Waals surface area contributed by atoms with E-state index in [9.17, 15) is 9.59 Å². The Morgan fingerprint density at radius 3 is 2.72 bits per heavy atom. The number of amidine groups is 1. The van der Waals surface area contributed by atoms with Gasteiger partial charge < -0.3 is 10.1 Å². The van der Waals surface area contributed by atoms with E-state index in [1.807, 2.05) is 47.8 Å². The summed E-state index contributed by atoms with van der Waals surface area (Å²) < 4.78 is 5.21. The number of aliphatic imine (C=N–C) groups is 1. The van der Waals surface area contributed by atoms with Crippen LogP contribution in [0.3, 0.4) is 0 Å². The molecular weight excluding hydrogens is 466 g/mol. The predicted octanol–water partition coefficient (Wildman–Crippen LogP) is 5.53. The molecule has 0 atom stereocenters. The summed E-state index contributed by atoms with van der Waals surface area (Å²) >= 11 is 8.98. The van der Waals surface area contributed by atoms with Crippen molar-refractivity contribution < 1.29 is 14.3 Å². The Morgan fingerprint density at radius 2 is 2.03 bits per heavy atom. The lowest BCUT2D eigenvalue weighted by atomic mass is 10.2. The molecule has 9 heteroatoms. The van der Waals surface area contributed by atoms with Crippen LogP contribution in [0.15, 0.2) is 76.7 Å². The van der Waals surface area contributed by atoms with Crippen molar-refractivity contribution in [1.82, 2.24) is 0 Å². The summed E-state index contributed by atoms with van der Waals surface area (Å²) in [5, 5.41) is 5.54. The molecule has 1 aliphatic rings. The summed E-state index contributed by atoms with van der Waals surface area (Å²) in [7, 11) is 1.53. The molecule has 32 heavy (non-hydrogen) atoms. The lowest BCUT2D eigenvalue weighted by Gasteiger charge is -2.18. The molecule has 3 aromatic rings. The Labute approximate surface area is 198 Å². The van der Waals surface area contributed by atoms with Gasteiger partial charge in [-0.3, -0.25) is 14.5 Å². The average molecular weight is 484 g/mol. The van der Waals surface area contributed by atoms with E-state index < -0.39 is 0 Å². The minimum Gasteiger partial charge on any atom is -0.495 e. The molecule has 2 amide bonds. The fourth-order valence-corrected chi connectivity index (χ4v) is 4.69. The van der Waals surface area contributed by atoms with Crippen LogP contribution in [0.5, 0.6) is 5.75 Å². The van der Waals surface area contributed by atoms with Crippen LogP contribution in [-0.4, -0.2) is 29.8 Å². The van der Waals surface area contributed by atoms with Gasteiger partial charge in [0.1, 0.15) is 11.4 Å². The van der Waals surface area contributed by atoms with Gasteiger partial charge in [-0.05, 0) is 47.9 Å². The summed E-state index contributed by atoms with van der Waals surface area (Å²) in [5.41, 5.74) is 1.55. The van der Waals surface area contributed by atoms with E-state index in [1.54, 1.807) is 24.3 Å². The molecule has 0 unspecified atom stereocenters. The number of halogens is 1. The zero-order valence-corrected chi connectivity index (χ0v) is 19.3. The number of benzene rings is 2. The van der Waals surface area contributed by atoms with Crippen LogP contribution in [0.2, 0.25) is 5.02 Å². The first kappa shape index (κ1) is 22.1. The van der Waals surface area contributed by atoms with Crippen LogP contribution in [0.25, 0.3) is 6.08 Å². The number of hydrogen-bond acceptors (Lipinski definition) is 6. The predicted molar refractivity (Wildman–Crippen MR) is 133 cm³/mol. The van der Waals surface area contributed by atoms with Crippen molar-refractivity contribution in [3.05, 3.63) is 81.6 Å². The molecule has 0 aliphatic carbocycles. The fourth-order valence-electron chi connectivity index (χ4n) is 2.97. The number of anilines is 2. The van der Waals surface area contributed by atoms with E-state index >= 15 is 0 Å². The molecule has 0 spiro atoms. The molecular formula is C23H18ClN3O3S2. The van der Waals surface area contributed by atoms with Crippen LogP contribution >= 0.6 is 34.7 Å². The maximum absolute atomic E-state index is 13.2. The number of rotatable bonds is 6. The first-order valence-electron chi connectivity index (χ1n) is 9.55. The van der Waals surface area contributed by atoms with Crippen LogP contribution in [0, 0.1) is 0 Å². The molecule has 1 aliphatic heterocycles. The maximum atomic E-state index is 13.2. The highest BCUT2D eigenvalue weighted by molar-refractivity contribution is 8.14. The van der Waals surface area contributed by atoms with Gasteiger partial charge in [0.05, 0.1) is 23.6 Å². The number of nitrogens with one attached hydrogen (secondary N) is 1. The highest BCUT2D eigenvalue weighted by atomic mass is 35.5. The van der Waals surface area contributed by atoms with Crippen molar-refractivity contribution in [2.45, 2.75) is 0 Å². The summed E-state index contributed by atoms with van der Waals surface area (Å²) in [6.07, 6.45) is 1.74. The molecule has 0 saturated carbocycles. The van der Waals surface area contributed by atoms with Crippen molar-refractivity contribution in [2.24, 2.45) is 4.99 Å². The van der Waals surface area contributed by atoms with Crippen molar-refractivity contribution in [1.29, 1.82) is 0 Å². The van der Waals surface area contributed by atoms with Gasteiger partial charge in [0.2, 0.25) is 5.91 Å². The maximum Gasteiger partial charge on any atom is 0.283 e. The largest absolute Gasteiger partial charge is 0.495 e. The fraction of sp³-hybridized carbons (Fsp3) is 0.0870. The number of thiophene rings is 1. The topological polar surface area (TPSA) is 71.0 Å². The second-order valence-electron chi connectivity index (χ2n) is 6.60. The Hall–Kier alpha value is -3.07. The number of nitrogens with zero attached hydrogens (tertiary/aromatic N) is 2. The smallest absolute Gasteiger partial charge is 0.283 e. The Kier molecular flexibility index (Phi) is 6.94. The number of carbonyl (C=O) groups excluding carboxylic acids is 2. The summed E-state index contributed by atoms with van der Waals surface area (Å²) in [5.74, 6) is 0.114. The number of methoxy groups -OCH3 is 1. The van der Waals surface area contributed by atoms with Crippen molar-refractivity contribution >= 4 is 69.1 Å². The molecule has 0 fully saturated rings. The second-order valence-corrected chi connectivity index (χ2v) is 8.93. The van der Waals surface area contributed by atoms with E-state index in [0.717, 1.165) is 4.88 Å². The van der Waals surface area contributed by atoms with Gasteiger partial charge in [-0.1, -0.05) is 47.6 Å². The van der Waals surface area contributed by atoms with Crippen molar-refractivity contribution in [2.75, 3.05) is 23.1 Å². The molecule has 0 radical (unpaired) electrons. The van der Waals surface area contributed by atoms with E-state index in [2.05, 4.69) is 10.3 Å². The number of amides is 2. The molecule has 2 heterocycles. The highest BCUT2D eigenvalue weighted by Gasteiger charge is 2.33. The van der Waals surface area contributed by atoms with Gasteiger partial charge >= 0.3 is 0 Å². The molecule has 162 valence electrons. The first-order chi connectivity index (χ1) is 15.5. The second kappa shape index (κ2) is 10.0. The van der Waals surface area contributed by atoms with Crippen LogP contribution in [0.1, 0.15) is 4.88 Å². The van der Waals surface area contributed by atoms with E-state index in [-0.39, 0.29) is 17.6 Å². The van der Waals surface area contributed by atoms with Gasteiger partial charge in [0.25, 0.3) is 5.91 Å². The minimum atomic E-state index is -0.286. The van der Waals surface area contributed by atoms with E-state index in [1.165, 1.54) is 35.1 Å². The van der Waals surface area contributed by atoms with Gasteiger partial charge in [-0.15, -0.1) is 11.3 Å². The SMILES string of the molecule is COc1ccc(N2C(=O)/C(=C\c3cccs3)N=C2SCC(=O)Nc2ccccc2)cc1Cl. The van der Waals surface area contributed by atoms with Crippen molar-refractivity contribution in [3.8, 4) is 5.75 Å². The number of hydrogen-bond donors (Lipinski definition) is 1. The summed E-state index contributed by atoms with van der Waals surface area (Å²) in [6.45, 7) is 0. The standard InChI is InChI=1S/C23H18ClN3O3S2/c1-30-20-10-9-16(12-18(20)24)27-22(29)19(13-17-8-5-11-31-17)26-23(27)32-14-21(28)25-15-6-3-2-4-7-15/h2-13H,14H2,1H3,(H,25,28)/b19-13+. The van der Waals surface area contributed by atoms with E-state index in [4.69, 9.17) is 16.3 Å². The third-order valence-corrected chi connectivity index (χ3v) is 6.49. The summed E-state index contributed by atoms with van der Waals surface area (Å²) in [4.78, 5) is 32.5. The number of para-hydroxylation sites is 1. The third-order valence-electron chi connectivity index (χ3n) is 4.44. The molecule has 6 nitrogen and oxygen atoms in total. The normalized spacial score (nSPS) is 14.6. The average Bonchev–Trinajstić information content (AvgIpc) is 3.41. The lowest BCUT2D eigenvalue weighted by molar-refractivity contribution is -0.114. The zero-order valence-electron chi connectivity index (χ0n) is 16.9. The summed E-state index contributed by atoms with van der Waals surface area (Å²) in [6, 6.07) is 18.1. The molecule has 4 rings (SSSR count). The number of carbonyl (C=O) groups is 2. The van der Waals surface area contributed by atoms with Gasteiger partial charge in [0, 0.05) is 10.6 Å². The van der Waals surface area contributed by atoms with E-state index in [0.29, 0.717) is 33.0 Å². The van der Waals surface area contributed by atoms with Crippen LogP contribution < -0.4 is 15.0 Å². The van der Waals surface area contributed by atoms with Gasteiger partial charge in [-0.25, -0.2) is 4.99 Å². The first-order valence-corrected chi connectivity index (χ1v) is 11.8. The number of ether oxygens (including phenoxy) is 1. The molecule has 1 N–H and O–H groups in total. The molecule has 0 bridgehead atoms. The zero-order chi connectivity index (χ0) is 22.5. The van der Waals surface area contributed by atoms with Crippen LogP contribution in [0.4, 0.5) is 11.4 Å². The Balaban J connectivity index is 1.58. The monoisotopic (exact) mass is 483 g/mol. The van der Waals surface area contributed by atoms with Crippen molar-refractivity contribution in [3.63, 3.8) is 0 Å². The molecule has 0 saturated heterocycles. The lowest BCUT2D eigenvalue weighted by Crippen LogP contribution is -2.31. The Morgan fingerprint density at radius 1 is 1.22 bits per heavy atom.